The zero-order valence-corrected chi connectivity index (χ0v) is 17.1. The van der Waals surface area contributed by atoms with Gasteiger partial charge in [0, 0.05) is 14.9 Å². The average molecular weight is 428 g/mol. The molecule has 0 spiro atoms. The molecule has 1 heteroatoms. The van der Waals surface area contributed by atoms with Crippen LogP contribution in [0.5, 0.6) is 0 Å². The van der Waals surface area contributed by atoms with E-state index in [9.17, 15) is 0 Å². The third kappa shape index (κ3) is 3.11. The van der Waals surface area contributed by atoms with Gasteiger partial charge < -0.3 is 0 Å². The third-order valence-electron chi connectivity index (χ3n) is 5.18. The van der Waals surface area contributed by atoms with E-state index in [0.717, 1.165) is 6.42 Å². The molecule has 1 unspecified atom stereocenters. The lowest BCUT2D eigenvalue weighted by Gasteiger charge is -2.24. The molecule has 0 heterocycles. The molecule has 0 bridgehead atoms. The van der Waals surface area contributed by atoms with Crippen LogP contribution in [0.3, 0.4) is 0 Å². The van der Waals surface area contributed by atoms with Gasteiger partial charge in [-0.25, -0.2) is 0 Å². The van der Waals surface area contributed by atoms with Crippen molar-refractivity contribution < 1.29 is 0 Å². The molecular weight excluding hydrogens is 403 g/mol. The van der Waals surface area contributed by atoms with Crippen molar-refractivity contribution in [2.45, 2.75) is 45.4 Å². The predicted molar refractivity (Wildman–Crippen MR) is 114 cm³/mol. The van der Waals surface area contributed by atoms with Crippen molar-refractivity contribution in [3.05, 3.63) is 81.0 Å². The Morgan fingerprint density at radius 1 is 1.08 bits per heavy atom. The third-order valence-corrected chi connectivity index (χ3v) is 5.93. The van der Waals surface area contributed by atoms with E-state index in [-0.39, 0.29) is 5.41 Å². The lowest BCUT2D eigenvalue weighted by molar-refractivity contribution is 0.626. The fraction of sp³-hybridized carbons (Fsp3) is 0.304. The van der Waals surface area contributed by atoms with Gasteiger partial charge in [0.25, 0.3) is 0 Å². The van der Waals surface area contributed by atoms with Gasteiger partial charge in [-0.05, 0) is 63.4 Å². The van der Waals surface area contributed by atoms with Gasteiger partial charge in [-0.2, -0.15) is 0 Å². The predicted octanol–water partition coefficient (Wildman–Crippen LogP) is 7.40. The molecule has 0 nitrogen and oxygen atoms in total. The standard InChI is InChI=1S/C23H25I/c1-5-9-19(24)15-21-16(2)20-13-12-18(14-22(20)23(21,3)4)17-10-7-6-8-11-17/h6-16H,5H2,1-4H3/b19-9+,21-15+. The fourth-order valence-corrected chi connectivity index (χ4v) is 4.63. The molecule has 3 rings (SSSR count). The van der Waals surface area contributed by atoms with Crippen molar-refractivity contribution in [2.24, 2.45) is 0 Å². The summed E-state index contributed by atoms with van der Waals surface area (Å²) in [4.78, 5) is 0. The highest BCUT2D eigenvalue weighted by Gasteiger charge is 2.39. The van der Waals surface area contributed by atoms with Crippen LogP contribution in [0, 0.1) is 0 Å². The van der Waals surface area contributed by atoms with Gasteiger partial charge in [-0.1, -0.05) is 81.8 Å². The minimum Gasteiger partial charge on any atom is -0.0714 e. The van der Waals surface area contributed by atoms with E-state index in [1.807, 2.05) is 0 Å². The first kappa shape index (κ1) is 17.5. The van der Waals surface area contributed by atoms with Gasteiger partial charge in [-0.15, -0.1) is 0 Å². The minimum absolute atomic E-state index is 0.0809. The molecule has 0 saturated heterocycles. The van der Waals surface area contributed by atoms with Crippen LogP contribution in [0.1, 0.15) is 51.2 Å². The Kier molecular flexibility index (Phi) is 5.00. The van der Waals surface area contributed by atoms with Crippen LogP contribution in [-0.2, 0) is 5.41 Å². The lowest BCUT2D eigenvalue weighted by atomic mass is 9.80. The summed E-state index contributed by atoms with van der Waals surface area (Å²) in [6.07, 6.45) is 5.79. The molecule has 0 aliphatic heterocycles. The smallest absolute Gasteiger partial charge is 0.0118 e. The van der Waals surface area contributed by atoms with Gasteiger partial charge in [0.15, 0.2) is 0 Å². The molecule has 2 aromatic carbocycles. The molecule has 0 N–H and O–H groups in total. The molecule has 0 fully saturated rings. The average Bonchev–Trinajstić information content (AvgIpc) is 2.76. The summed E-state index contributed by atoms with van der Waals surface area (Å²) in [7, 11) is 0. The molecule has 2 aromatic rings. The maximum Gasteiger partial charge on any atom is 0.0118 e. The number of benzene rings is 2. The second kappa shape index (κ2) is 6.87. The van der Waals surface area contributed by atoms with E-state index < -0.39 is 0 Å². The Morgan fingerprint density at radius 2 is 1.79 bits per heavy atom. The highest BCUT2D eigenvalue weighted by molar-refractivity contribution is 14.1. The Hall–Kier alpha value is -1.35. The van der Waals surface area contributed by atoms with Crippen LogP contribution < -0.4 is 0 Å². The van der Waals surface area contributed by atoms with Gasteiger partial charge in [0.05, 0.1) is 0 Å². The number of fused-ring (bicyclic) bond motifs is 1. The van der Waals surface area contributed by atoms with Crippen molar-refractivity contribution in [1.82, 2.24) is 0 Å². The summed E-state index contributed by atoms with van der Waals surface area (Å²) in [5, 5.41) is 0. The van der Waals surface area contributed by atoms with E-state index in [1.165, 1.54) is 31.4 Å². The van der Waals surface area contributed by atoms with Crippen LogP contribution in [0.4, 0.5) is 0 Å². The Morgan fingerprint density at radius 3 is 2.46 bits per heavy atom. The summed E-state index contributed by atoms with van der Waals surface area (Å²) >= 11 is 2.46. The Labute approximate surface area is 159 Å². The molecule has 0 aromatic heterocycles. The monoisotopic (exact) mass is 428 g/mol. The molecule has 1 atom stereocenters. The Bertz CT molecular complexity index is 794. The first-order valence-corrected chi connectivity index (χ1v) is 9.80. The van der Waals surface area contributed by atoms with Crippen molar-refractivity contribution in [3.63, 3.8) is 0 Å². The number of hydrogen-bond donors (Lipinski definition) is 0. The number of halogens is 1. The van der Waals surface area contributed by atoms with Crippen molar-refractivity contribution in [1.29, 1.82) is 0 Å². The fourth-order valence-electron chi connectivity index (χ4n) is 3.86. The molecule has 1 aliphatic rings. The second-order valence-corrected chi connectivity index (χ2v) is 8.36. The van der Waals surface area contributed by atoms with E-state index >= 15 is 0 Å². The van der Waals surface area contributed by atoms with Gasteiger partial charge in [0.2, 0.25) is 0 Å². The SMILES string of the molecule is CC/C=C(I)\C=C1/C(C)c2ccc(-c3ccccc3)cc2C1(C)C. The molecule has 1 aliphatic carbocycles. The maximum absolute atomic E-state index is 2.46. The second-order valence-electron chi connectivity index (χ2n) is 7.11. The lowest BCUT2D eigenvalue weighted by Crippen LogP contribution is -2.16. The maximum atomic E-state index is 2.46. The summed E-state index contributed by atoms with van der Waals surface area (Å²) in [6, 6.07) is 17.7. The van der Waals surface area contributed by atoms with Crippen LogP contribution >= 0.6 is 22.6 Å². The zero-order valence-electron chi connectivity index (χ0n) is 14.9. The summed E-state index contributed by atoms with van der Waals surface area (Å²) in [5.74, 6) is 0.481. The van der Waals surface area contributed by atoms with E-state index in [0.29, 0.717) is 5.92 Å². The summed E-state index contributed by atoms with van der Waals surface area (Å²) in [6.45, 7) is 9.27. The van der Waals surface area contributed by atoms with Crippen LogP contribution in [0.2, 0.25) is 0 Å². The van der Waals surface area contributed by atoms with E-state index in [2.05, 4.69) is 111 Å². The quantitative estimate of drug-likeness (QED) is 0.447. The number of hydrogen-bond acceptors (Lipinski definition) is 0. The molecular formula is C23H25I. The number of allylic oxidation sites excluding steroid dienone is 4. The van der Waals surface area contributed by atoms with Gasteiger partial charge >= 0.3 is 0 Å². The molecule has 0 amide bonds. The van der Waals surface area contributed by atoms with Crippen LogP contribution in [0.25, 0.3) is 11.1 Å². The topological polar surface area (TPSA) is 0 Å². The van der Waals surface area contributed by atoms with Crippen LogP contribution in [-0.4, -0.2) is 0 Å². The highest BCUT2D eigenvalue weighted by atomic mass is 127. The molecule has 124 valence electrons. The first-order chi connectivity index (χ1) is 11.4. The van der Waals surface area contributed by atoms with Crippen molar-refractivity contribution >= 4 is 22.6 Å². The number of rotatable bonds is 3. The molecule has 0 saturated carbocycles. The largest absolute Gasteiger partial charge is 0.0714 e. The molecule has 24 heavy (non-hydrogen) atoms. The zero-order chi connectivity index (χ0) is 17.3. The van der Waals surface area contributed by atoms with Gasteiger partial charge in [0.1, 0.15) is 0 Å². The van der Waals surface area contributed by atoms with E-state index in [4.69, 9.17) is 0 Å². The Balaban J connectivity index is 2.09. The van der Waals surface area contributed by atoms with Crippen molar-refractivity contribution in [2.75, 3.05) is 0 Å². The van der Waals surface area contributed by atoms with Crippen molar-refractivity contribution in [3.8, 4) is 11.1 Å². The summed E-state index contributed by atoms with van der Waals surface area (Å²) in [5.41, 5.74) is 7.17. The van der Waals surface area contributed by atoms with Crippen LogP contribution in [0.15, 0.2) is 69.8 Å². The molecule has 0 radical (unpaired) electrons. The van der Waals surface area contributed by atoms with Gasteiger partial charge in [-0.3, -0.25) is 0 Å². The highest BCUT2D eigenvalue weighted by Crippen LogP contribution is 2.51. The summed E-state index contributed by atoms with van der Waals surface area (Å²) < 4.78 is 1.35. The normalized spacial score (nSPS) is 21.1. The van der Waals surface area contributed by atoms with E-state index in [1.54, 1.807) is 0 Å². The first-order valence-electron chi connectivity index (χ1n) is 8.72. The minimum atomic E-state index is 0.0809.